The number of rotatable bonds is 11. The van der Waals surface area contributed by atoms with Crippen molar-refractivity contribution in [1.29, 1.82) is 0 Å². The number of nitrogens with zero attached hydrogens (tertiary/aromatic N) is 5. The van der Waals surface area contributed by atoms with Crippen LogP contribution in [0.4, 0.5) is 0 Å². The number of pyridine rings is 5. The Morgan fingerprint density at radius 3 is 0.990 bits per heavy atom. The first-order chi connectivity index (χ1) is 52.1. The lowest BCUT2D eigenvalue weighted by atomic mass is 9.97. The Kier molecular flexibility index (Phi) is 19.0. The van der Waals surface area contributed by atoms with Crippen LogP contribution >= 0.6 is 0 Å². The van der Waals surface area contributed by atoms with E-state index in [1.807, 2.05) is 163 Å². The molecule has 0 radical (unpaired) electrons. The van der Waals surface area contributed by atoms with E-state index >= 15 is 0 Å². The van der Waals surface area contributed by atoms with Gasteiger partial charge in [0.1, 0.15) is 35.2 Å². The Hall–Kier alpha value is -9.71. The number of hydrogen-bond donors (Lipinski definition) is 0. The molecule has 496 valence electrons. The van der Waals surface area contributed by atoms with Crippen LogP contribution in [0.25, 0.3) is 78.5 Å². The van der Waals surface area contributed by atoms with E-state index in [-0.39, 0.29) is 5.92 Å². The monoisotopic (exact) mass is 1300 g/mol. The van der Waals surface area contributed by atoms with Crippen molar-refractivity contribution in [3.63, 3.8) is 0 Å². The fourth-order valence-corrected chi connectivity index (χ4v) is 12.2. The smallest absolute Gasteiger partial charge is 0.201 e. The minimum atomic E-state index is -2.11. The van der Waals surface area contributed by atoms with Crippen molar-refractivity contribution < 1.29 is 43.4 Å². The molecule has 97 heavy (non-hydrogen) atoms. The van der Waals surface area contributed by atoms with Gasteiger partial charge in [0.15, 0.2) is 31.0 Å². The lowest BCUT2D eigenvalue weighted by Crippen LogP contribution is -2.32. The molecule has 0 saturated carbocycles. The van der Waals surface area contributed by atoms with Crippen LogP contribution in [-0.2, 0) is 54.4 Å². The van der Waals surface area contributed by atoms with Gasteiger partial charge in [-0.05, 0) is 206 Å². The largest absolute Gasteiger partial charge is 0.212 e. The Labute approximate surface area is 604 Å². The van der Waals surface area contributed by atoms with Gasteiger partial charge in [-0.2, -0.15) is 0 Å². The highest BCUT2D eigenvalue weighted by molar-refractivity contribution is 5.72. The number of benzene rings is 7. The van der Waals surface area contributed by atoms with Gasteiger partial charge in [0.25, 0.3) is 0 Å². The molecule has 0 N–H and O–H groups in total. The summed E-state index contributed by atoms with van der Waals surface area (Å²) in [4.78, 5) is 0. The first-order valence-electron chi connectivity index (χ1n) is 40.7. The van der Waals surface area contributed by atoms with E-state index < -0.39 is 39.7 Å². The van der Waals surface area contributed by atoms with Crippen molar-refractivity contribution in [3.8, 4) is 78.5 Å². The van der Waals surface area contributed by atoms with Crippen LogP contribution < -0.4 is 22.8 Å². The van der Waals surface area contributed by atoms with E-state index in [1.54, 1.807) is 55.6 Å². The highest BCUT2D eigenvalue weighted by atomic mass is 14.9. The first-order valence-corrected chi connectivity index (χ1v) is 33.2. The second kappa shape index (κ2) is 33.8. The van der Waals surface area contributed by atoms with Crippen LogP contribution in [-0.4, -0.2) is 0 Å². The quantitative estimate of drug-likeness (QED) is 0.115. The highest BCUT2D eigenvalue weighted by Gasteiger charge is 2.21. The van der Waals surface area contributed by atoms with Crippen molar-refractivity contribution in [2.24, 2.45) is 41.2 Å². The molecule has 0 saturated heterocycles. The van der Waals surface area contributed by atoms with E-state index in [0.717, 1.165) is 72.8 Å². The second-order valence-corrected chi connectivity index (χ2v) is 25.6. The van der Waals surface area contributed by atoms with Crippen molar-refractivity contribution in [1.82, 2.24) is 0 Å². The fourth-order valence-electron chi connectivity index (χ4n) is 12.2. The third kappa shape index (κ3) is 18.9. The van der Waals surface area contributed by atoms with Gasteiger partial charge in [-0.3, -0.25) is 0 Å². The SMILES string of the molecule is Cc1cc(-c2ccccc2C)[n+](C)cc1-c1ccccc1.[2H]C([2H])(C)c1c[n+](C)c(-c2ccccc2C)cc1C.[2H]C([2H])([2H])c1ccc(-c2cc(C)c(-c3ccccc3)c[n+]2C)c(C)c1.[2H]C([2H])([2H])c1ccc(-c2cc(C)c(C([2H])([2H])C(C)C)c[n+]2C)c(C)c1.[2H]C([2H])([2H])c1ccc(-c2ccc(C([2H])([2H])C)c[n+]2C)c(C)c1. The maximum atomic E-state index is 8.36. The predicted octanol–water partition coefficient (Wildman–Crippen LogP) is 20.2. The van der Waals surface area contributed by atoms with Gasteiger partial charge in [0.05, 0.1) is 0 Å². The van der Waals surface area contributed by atoms with Gasteiger partial charge in [0.2, 0.25) is 28.5 Å². The second-order valence-electron chi connectivity index (χ2n) is 25.6. The van der Waals surface area contributed by atoms with Crippen LogP contribution in [0.3, 0.4) is 0 Å². The van der Waals surface area contributed by atoms with Crippen molar-refractivity contribution >= 4 is 0 Å². The normalized spacial score (nSPS) is 13.9. The Morgan fingerprint density at radius 1 is 0.299 bits per heavy atom. The maximum Gasteiger partial charge on any atom is 0.212 e. The first kappa shape index (κ1) is 54.4. The molecule has 0 atom stereocenters. The van der Waals surface area contributed by atoms with Crippen LogP contribution in [0.5, 0.6) is 0 Å². The fraction of sp³-hybridized carbons (Fsp3) is 0.272. The summed E-state index contributed by atoms with van der Waals surface area (Å²) < 4.78 is 126. The number of aromatic nitrogens is 5. The molecule has 5 nitrogen and oxygen atoms in total. The zero-order valence-corrected chi connectivity index (χ0v) is 60.3. The van der Waals surface area contributed by atoms with Crippen molar-refractivity contribution in [2.45, 2.75) is 130 Å². The van der Waals surface area contributed by atoms with Gasteiger partial charge < -0.3 is 0 Å². The van der Waals surface area contributed by atoms with Crippen LogP contribution in [0.1, 0.15) is 132 Å². The summed E-state index contributed by atoms with van der Waals surface area (Å²) in [5.41, 5.74) is 28.4. The van der Waals surface area contributed by atoms with Gasteiger partial charge >= 0.3 is 0 Å². The third-order valence-corrected chi connectivity index (χ3v) is 17.6. The third-order valence-electron chi connectivity index (χ3n) is 17.6. The highest BCUT2D eigenvalue weighted by Crippen LogP contribution is 2.31. The Bertz CT molecular complexity index is 5260. The lowest BCUT2D eigenvalue weighted by Gasteiger charge is -2.11. The van der Waals surface area contributed by atoms with Gasteiger partial charge in [0, 0.05) is 107 Å². The molecule has 0 fully saturated rings. The Morgan fingerprint density at radius 2 is 0.629 bits per heavy atom. The summed E-state index contributed by atoms with van der Waals surface area (Å²) in [6.07, 6.45) is 5.78. The van der Waals surface area contributed by atoms with E-state index in [9.17, 15) is 0 Å². The number of hydrogen-bond acceptors (Lipinski definition) is 0. The molecule has 0 aliphatic heterocycles. The summed E-state index contributed by atoms with van der Waals surface area (Å²) in [7, 11) is 9.87. The van der Waals surface area contributed by atoms with Crippen LogP contribution in [0, 0.1) is 88.8 Å². The molecule has 0 spiro atoms. The average molecular weight is 1300 g/mol. The van der Waals surface area contributed by atoms with Crippen LogP contribution in [0.2, 0.25) is 0 Å². The lowest BCUT2D eigenvalue weighted by molar-refractivity contribution is -0.661. The molecule has 0 amide bonds. The number of aryl methyl sites for hydroxylation is 19. The molecular weight excluding hydrogens is 1180 g/mol. The van der Waals surface area contributed by atoms with E-state index in [2.05, 4.69) is 153 Å². The topological polar surface area (TPSA) is 19.4 Å². The summed E-state index contributed by atoms with van der Waals surface area (Å²) in [6.45, 7) is 18.8. The molecule has 0 bridgehead atoms. The molecule has 5 heteroatoms. The molecule has 7 aromatic carbocycles. The summed E-state index contributed by atoms with van der Waals surface area (Å²) in [6, 6.07) is 65.5. The molecule has 5 aromatic heterocycles. The molecule has 0 unspecified atom stereocenters. The summed E-state index contributed by atoms with van der Waals surface area (Å²) in [5.74, 6) is -0.127. The van der Waals surface area contributed by atoms with E-state index in [1.165, 1.54) is 68.3 Å². The minimum absolute atomic E-state index is 0.127. The maximum absolute atomic E-state index is 8.36. The van der Waals surface area contributed by atoms with Crippen molar-refractivity contribution in [3.05, 3.63) is 315 Å². The van der Waals surface area contributed by atoms with E-state index in [4.69, 9.17) is 20.6 Å². The molecule has 0 aliphatic rings. The van der Waals surface area contributed by atoms with E-state index in [0.29, 0.717) is 27.8 Å². The van der Waals surface area contributed by atoms with Crippen LogP contribution in [0.15, 0.2) is 231 Å². The molecule has 12 rings (SSSR count). The molecule has 12 aromatic rings. The van der Waals surface area contributed by atoms with Gasteiger partial charge in [-0.15, -0.1) is 0 Å². The molecule has 0 aliphatic carbocycles. The Balaban J connectivity index is 0.000000176. The predicted molar refractivity (Wildman–Crippen MR) is 410 cm³/mol. The molecular formula is C92H108N5+5. The average Bonchev–Trinajstić information content (AvgIpc) is 0.800. The standard InChI is InChI=1S/C21H22N.C20H20N.C19H26N.2C16H20N/c1-15-10-11-19(16(2)12-15)21-13-17(3)20(14-22(21)4)18-8-6-5-7-9-18;1-15-9-7-8-12-18(15)20-13-16(2)19(14-21(20)3)17-10-5-4-6-11-17;1-13(2)9-17-12-20(6)19(11-15(17)4)18-8-7-14(3)10-16(18)5;1-5-14-7-9-16(17(4)11-14)15-8-6-12(2)10-13(15)3;1-5-14-11-17(4)16(10-13(14)3)15-9-7-6-8-12(15)2/h5-14H,1-4H3;4-14H,1-3H3;7-8,10-13H,9H2,1-6H3;2*6-11H,5H2,1-4H3/q5*+1/i1D3;;3D3,9D2;2D3,5D2;5D2. The zero-order chi connectivity index (χ0) is 83.1. The summed E-state index contributed by atoms with van der Waals surface area (Å²) >= 11 is 0. The molecule has 5 heterocycles. The zero-order valence-electron chi connectivity index (χ0n) is 75.3. The summed E-state index contributed by atoms with van der Waals surface area (Å²) in [5, 5.41) is 0. The van der Waals surface area contributed by atoms with Gasteiger partial charge in [-0.1, -0.05) is 178 Å². The minimum Gasteiger partial charge on any atom is -0.201 e. The van der Waals surface area contributed by atoms with Crippen molar-refractivity contribution in [2.75, 3.05) is 0 Å². The van der Waals surface area contributed by atoms with Gasteiger partial charge in [-0.25, -0.2) is 22.8 Å².